The molecule has 2 heteroatoms. The largest absolute Gasteiger partial charge is 0.456 e. The number of anilines is 3. The second-order valence-corrected chi connectivity index (χ2v) is 17.3. The van der Waals surface area contributed by atoms with Crippen LogP contribution in [0.25, 0.3) is 99.8 Å². The Morgan fingerprint density at radius 2 is 0.471 bits per heavy atom. The zero-order chi connectivity index (χ0) is 45.2. The number of benzene rings is 11. The van der Waals surface area contributed by atoms with E-state index in [2.05, 4.69) is 266 Å². The maximum atomic E-state index is 6.28. The molecule has 0 N–H and O–H groups in total. The van der Waals surface area contributed by atoms with E-state index in [1.165, 1.54) is 55.6 Å². The normalized spacial score (nSPS) is 11.2. The van der Waals surface area contributed by atoms with Gasteiger partial charge in [0.15, 0.2) is 0 Å². The smallest absolute Gasteiger partial charge is 0.136 e. The van der Waals surface area contributed by atoms with Crippen molar-refractivity contribution >= 4 is 39.0 Å². The zero-order valence-corrected chi connectivity index (χ0v) is 37.3. The maximum absolute atomic E-state index is 6.28. The molecule has 0 saturated carbocycles. The molecule has 11 aromatic carbocycles. The molecule has 320 valence electrons. The number of nitrogens with zero attached hydrogens (tertiary/aromatic N) is 1. The molecule has 0 saturated heterocycles. The second-order valence-electron chi connectivity index (χ2n) is 17.3. The van der Waals surface area contributed by atoms with Crippen molar-refractivity contribution in [2.24, 2.45) is 0 Å². The van der Waals surface area contributed by atoms with Gasteiger partial charge in [0.1, 0.15) is 11.2 Å². The highest BCUT2D eigenvalue weighted by atomic mass is 16.3. The van der Waals surface area contributed by atoms with Crippen LogP contribution in [-0.4, -0.2) is 0 Å². The molecule has 2 nitrogen and oxygen atoms in total. The van der Waals surface area contributed by atoms with Crippen molar-refractivity contribution in [3.05, 3.63) is 273 Å². The summed E-state index contributed by atoms with van der Waals surface area (Å²) < 4.78 is 6.28. The molecule has 0 bridgehead atoms. The second kappa shape index (κ2) is 17.8. The van der Waals surface area contributed by atoms with Crippen LogP contribution in [0.3, 0.4) is 0 Å². The molecule has 68 heavy (non-hydrogen) atoms. The van der Waals surface area contributed by atoms with Gasteiger partial charge in [-0.15, -0.1) is 0 Å². The number of furan rings is 1. The van der Waals surface area contributed by atoms with Gasteiger partial charge in [-0.3, -0.25) is 0 Å². The molecule has 12 aromatic rings. The molecule has 1 aromatic heterocycles. The zero-order valence-electron chi connectivity index (χ0n) is 37.3. The fourth-order valence-electron chi connectivity index (χ4n) is 9.54. The van der Waals surface area contributed by atoms with E-state index in [9.17, 15) is 0 Å². The highest BCUT2D eigenvalue weighted by molar-refractivity contribution is 6.06. The average Bonchev–Trinajstić information content (AvgIpc) is 3.80. The summed E-state index contributed by atoms with van der Waals surface area (Å²) in [5, 5.41) is 2.27. The Kier molecular flexibility index (Phi) is 10.6. The van der Waals surface area contributed by atoms with Crippen LogP contribution in [0.15, 0.2) is 277 Å². The van der Waals surface area contributed by atoms with Crippen LogP contribution < -0.4 is 4.90 Å². The highest BCUT2D eigenvalue weighted by Crippen LogP contribution is 2.41. The Bertz CT molecular complexity index is 3390. The van der Waals surface area contributed by atoms with Crippen molar-refractivity contribution in [1.82, 2.24) is 0 Å². The quantitative estimate of drug-likeness (QED) is 0.136. The monoisotopic (exact) mass is 867 g/mol. The Hall–Kier alpha value is -8.98. The molecule has 0 fully saturated rings. The third-order valence-corrected chi connectivity index (χ3v) is 13.0. The maximum Gasteiger partial charge on any atom is 0.136 e. The number of hydrogen-bond donors (Lipinski definition) is 0. The van der Waals surface area contributed by atoms with Crippen LogP contribution in [0.2, 0.25) is 0 Å². The van der Waals surface area contributed by atoms with Gasteiger partial charge in [0.05, 0.1) is 0 Å². The fraction of sp³-hybridized carbons (Fsp3) is 0. The van der Waals surface area contributed by atoms with Gasteiger partial charge >= 0.3 is 0 Å². The predicted octanol–water partition coefficient (Wildman–Crippen LogP) is 18.7. The lowest BCUT2D eigenvalue weighted by atomic mass is 9.93. The first-order valence-corrected chi connectivity index (χ1v) is 23.2. The van der Waals surface area contributed by atoms with Crippen molar-refractivity contribution in [3.8, 4) is 77.9 Å². The van der Waals surface area contributed by atoms with Crippen molar-refractivity contribution < 1.29 is 4.42 Å². The summed E-state index contributed by atoms with van der Waals surface area (Å²) in [6.07, 6.45) is 0. The average molecular weight is 868 g/mol. The van der Waals surface area contributed by atoms with E-state index < -0.39 is 0 Å². The minimum absolute atomic E-state index is 0.893. The van der Waals surface area contributed by atoms with Crippen molar-refractivity contribution in [3.63, 3.8) is 0 Å². The Labute approximate surface area is 397 Å². The summed E-state index contributed by atoms with van der Waals surface area (Å²) in [7, 11) is 0. The molecule has 12 rings (SSSR count). The number of para-hydroxylation sites is 1. The lowest BCUT2D eigenvalue weighted by Gasteiger charge is -2.26. The molecule has 0 aliphatic heterocycles. The minimum atomic E-state index is 0.893. The van der Waals surface area contributed by atoms with E-state index in [-0.39, 0.29) is 0 Å². The van der Waals surface area contributed by atoms with Crippen molar-refractivity contribution in [2.45, 2.75) is 0 Å². The standard InChI is InChI=1S/C66H45NO/c1-5-15-46(16-6-1)54-39-55(47-17-7-2-8-18-47)42-58(41-54)51-27-34-61(35-28-51)67(60-32-25-50(26-33-60)53-31-38-64-63-23-13-14-24-65(63)68-66(64)45-53)62-36-29-52(30-37-62)59-43-56(48-19-9-3-10-20-48)40-57(44-59)49-21-11-4-12-22-49/h1-45H. The summed E-state index contributed by atoms with van der Waals surface area (Å²) in [6, 6.07) is 98.1. The minimum Gasteiger partial charge on any atom is -0.456 e. The topological polar surface area (TPSA) is 16.4 Å². The number of fused-ring (bicyclic) bond motifs is 3. The van der Waals surface area contributed by atoms with Gasteiger partial charge < -0.3 is 9.32 Å². The van der Waals surface area contributed by atoms with Crippen LogP contribution in [0.1, 0.15) is 0 Å². The number of rotatable bonds is 10. The molecule has 0 atom stereocenters. The van der Waals surface area contributed by atoms with E-state index in [0.717, 1.165) is 61.3 Å². The van der Waals surface area contributed by atoms with Gasteiger partial charge in [0.25, 0.3) is 0 Å². The third kappa shape index (κ3) is 8.06. The molecule has 0 unspecified atom stereocenters. The Morgan fingerprint density at radius 1 is 0.191 bits per heavy atom. The van der Waals surface area contributed by atoms with E-state index in [1.807, 2.05) is 12.1 Å². The van der Waals surface area contributed by atoms with E-state index in [0.29, 0.717) is 0 Å². The van der Waals surface area contributed by atoms with Crippen LogP contribution in [0.5, 0.6) is 0 Å². The summed E-state index contributed by atoms with van der Waals surface area (Å²) in [5.74, 6) is 0. The predicted molar refractivity (Wildman–Crippen MR) is 286 cm³/mol. The first-order chi connectivity index (χ1) is 33.7. The van der Waals surface area contributed by atoms with Crippen LogP contribution in [0.4, 0.5) is 17.1 Å². The molecular formula is C66H45NO. The van der Waals surface area contributed by atoms with Crippen LogP contribution in [0, 0.1) is 0 Å². The van der Waals surface area contributed by atoms with Gasteiger partial charge in [-0.1, -0.05) is 182 Å². The SMILES string of the molecule is c1ccc(-c2cc(-c3ccccc3)cc(-c3ccc(N(c4ccc(-c5cc(-c6ccccc6)cc(-c6ccccc6)c5)cc4)c4ccc(-c5ccc6c(c5)oc5ccccc56)cc4)cc3)c2)cc1. The third-order valence-electron chi connectivity index (χ3n) is 13.0. The molecule has 1 heterocycles. The lowest BCUT2D eigenvalue weighted by Crippen LogP contribution is -2.09. The van der Waals surface area contributed by atoms with E-state index in [1.54, 1.807) is 0 Å². The Balaban J connectivity index is 0.935. The molecule has 0 aliphatic carbocycles. The van der Waals surface area contributed by atoms with Gasteiger partial charge in [-0.25, -0.2) is 0 Å². The van der Waals surface area contributed by atoms with Crippen molar-refractivity contribution in [2.75, 3.05) is 4.90 Å². The number of hydrogen-bond acceptors (Lipinski definition) is 2. The molecule has 0 spiro atoms. The molecule has 0 radical (unpaired) electrons. The molecule has 0 aliphatic rings. The summed E-state index contributed by atoms with van der Waals surface area (Å²) >= 11 is 0. The summed E-state index contributed by atoms with van der Waals surface area (Å²) in [5.41, 5.74) is 21.4. The van der Waals surface area contributed by atoms with Gasteiger partial charge in [0, 0.05) is 27.8 Å². The molecule has 0 amide bonds. The molecular weight excluding hydrogens is 823 g/mol. The van der Waals surface area contributed by atoms with Gasteiger partial charge in [-0.2, -0.15) is 0 Å². The van der Waals surface area contributed by atoms with Gasteiger partial charge in [0.2, 0.25) is 0 Å². The van der Waals surface area contributed by atoms with Gasteiger partial charge in [-0.05, 0) is 169 Å². The Morgan fingerprint density at radius 3 is 0.838 bits per heavy atom. The summed E-state index contributed by atoms with van der Waals surface area (Å²) in [6.45, 7) is 0. The highest BCUT2D eigenvalue weighted by Gasteiger charge is 2.16. The van der Waals surface area contributed by atoms with E-state index >= 15 is 0 Å². The summed E-state index contributed by atoms with van der Waals surface area (Å²) in [4.78, 5) is 2.35. The fourth-order valence-corrected chi connectivity index (χ4v) is 9.54. The van der Waals surface area contributed by atoms with E-state index in [4.69, 9.17) is 4.42 Å². The first kappa shape index (κ1) is 40.5. The van der Waals surface area contributed by atoms with Crippen LogP contribution in [-0.2, 0) is 0 Å². The van der Waals surface area contributed by atoms with Crippen molar-refractivity contribution in [1.29, 1.82) is 0 Å². The first-order valence-electron chi connectivity index (χ1n) is 23.2. The van der Waals surface area contributed by atoms with Crippen LogP contribution >= 0.6 is 0 Å². The lowest BCUT2D eigenvalue weighted by molar-refractivity contribution is 0.669.